The van der Waals surface area contributed by atoms with Gasteiger partial charge in [0.1, 0.15) is 0 Å². The number of halogens is 1. The number of esters is 1. The van der Waals surface area contributed by atoms with Crippen molar-refractivity contribution in [1.29, 1.82) is 0 Å². The van der Waals surface area contributed by atoms with Crippen LogP contribution in [0.25, 0.3) is 0 Å². The molecule has 7 heteroatoms. The Balaban J connectivity index is 2.42. The predicted molar refractivity (Wildman–Crippen MR) is 75.9 cm³/mol. The molecule has 0 saturated carbocycles. The van der Waals surface area contributed by atoms with Gasteiger partial charge in [-0.2, -0.15) is 0 Å². The van der Waals surface area contributed by atoms with E-state index < -0.39 is 18.6 Å². The van der Waals surface area contributed by atoms with E-state index in [1.807, 2.05) is 24.3 Å². The number of methoxy groups -OCH3 is 1. The summed E-state index contributed by atoms with van der Waals surface area (Å²) < 4.78 is 5.42. The summed E-state index contributed by atoms with van der Waals surface area (Å²) in [7, 11) is 1.20. The van der Waals surface area contributed by atoms with E-state index in [9.17, 15) is 9.59 Å². The van der Waals surface area contributed by atoms with Gasteiger partial charge in [0.2, 0.25) is 5.91 Å². The second-order valence-electron chi connectivity index (χ2n) is 3.57. The number of amides is 1. The molecule has 0 aliphatic rings. The summed E-state index contributed by atoms with van der Waals surface area (Å²) in [6.45, 7) is -0.485. The van der Waals surface area contributed by atoms with Crippen LogP contribution in [0.2, 0.25) is 0 Å². The third-order valence-corrected chi connectivity index (χ3v) is 3.73. The Morgan fingerprint density at radius 1 is 1.42 bits per heavy atom. The number of carbonyl (C=O) groups excluding carboxylic acids is 2. The largest absolute Gasteiger partial charge is 0.467 e. The Kier molecular flexibility index (Phi) is 6.90. The van der Waals surface area contributed by atoms with E-state index in [1.165, 1.54) is 18.9 Å². The van der Waals surface area contributed by atoms with Crippen molar-refractivity contribution in [2.45, 2.75) is 10.9 Å². The Morgan fingerprint density at radius 3 is 2.58 bits per heavy atom. The highest BCUT2D eigenvalue weighted by atomic mass is 79.9. The smallest absolute Gasteiger partial charge is 0.330 e. The molecule has 1 rings (SSSR count). The second kappa shape index (κ2) is 8.19. The first-order valence-electron chi connectivity index (χ1n) is 5.43. The number of carbonyl (C=O) groups is 2. The molecule has 0 fully saturated rings. The lowest BCUT2D eigenvalue weighted by Crippen LogP contribution is -2.44. The number of aliphatic hydroxyl groups is 1. The van der Waals surface area contributed by atoms with E-state index in [-0.39, 0.29) is 11.7 Å². The monoisotopic (exact) mass is 347 g/mol. The maximum atomic E-state index is 11.6. The molecule has 0 aliphatic heterocycles. The van der Waals surface area contributed by atoms with Crippen LogP contribution < -0.4 is 5.32 Å². The zero-order valence-electron chi connectivity index (χ0n) is 10.3. The highest BCUT2D eigenvalue weighted by molar-refractivity contribution is 9.10. The molecular weight excluding hydrogens is 334 g/mol. The summed E-state index contributed by atoms with van der Waals surface area (Å²) in [4.78, 5) is 23.7. The molecular formula is C12H14BrNO4S. The van der Waals surface area contributed by atoms with E-state index >= 15 is 0 Å². The van der Waals surface area contributed by atoms with Crippen LogP contribution in [-0.2, 0) is 14.3 Å². The van der Waals surface area contributed by atoms with Crippen LogP contribution in [0.5, 0.6) is 0 Å². The lowest BCUT2D eigenvalue weighted by atomic mass is 10.3. The van der Waals surface area contributed by atoms with Crippen molar-refractivity contribution in [3.8, 4) is 0 Å². The molecule has 5 nitrogen and oxygen atoms in total. The van der Waals surface area contributed by atoms with Crippen molar-refractivity contribution >= 4 is 39.6 Å². The zero-order valence-corrected chi connectivity index (χ0v) is 12.7. The highest BCUT2D eigenvalue weighted by Gasteiger charge is 2.20. The van der Waals surface area contributed by atoms with Crippen molar-refractivity contribution in [1.82, 2.24) is 5.32 Å². The molecule has 0 spiro atoms. The van der Waals surface area contributed by atoms with Crippen LogP contribution in [0, 0.1) is 0 Å². The van der Waals surface area contributed by atoms with Gasteiger partial charge in [0, 0.05) is 9.37 Å². The van der Waals surface area contributed by atoms with Gasteiger partial charge in [-0.15, -0.1) is 11.8 Å². The molecule has 0 heterocycles. The van der Waals surface area contributed by atoms with Gasteiger partial charge in [0.05, 0.1) is 19.5 Å². The molecule has 0 bridgehead atoms. The predicted octanol–water partition coefficient (Wildman–Crippen LogP) is 1.19. The van der Waals surface area contributed by atoms with Crippen LogP contribution in [0.1, 0.15) is 0 Å². The number of aliphatic hydroxyl groups excluding tert-OH is 1. The van der Waals surface area contributed by atoms with Gasteiger partial charge in [-0.3, -0.25) is 4.79 Å². The minimum absolute atomic E-state index is 0.162. The lowest BCUT2D eigenvalue weighted by molar-refractivity contribution is -0.145. The molecule has 19 heavy (non-hydrogen) atoms. The Bertz CT molecular complexity index is 438. The molecule has 0 saturated heterocycles. The van der Waals surface area contributed by atoms with Gasteiger partial charge in [0.15, 0.2) is 6.04 Å². The van der Waals surface area contributed by atoms with E-state index in [4.69, 9.17) is 5.11 Å². The standard InChI is InChI=1S/C12H14BrNO4S/c1-18-12(17)10(6-15)14-11(16)7-19-9-4-2-8(13)3-5-9/h2-5,10,15H,6-7H2,1H3,(H,14,16). The van der Waals surface area contributed by atoms with Crippen LogP contribution in [0.3, 0.4) is 0 Å². The van der Waals surface area contributed by atoms with E-state index in [2.05, 4.69) is 26.0 Å². The molecule has 2 N–H and O–H groups in total. The highest BCUT2D eigenvalue weighted by Crippen LogP contribution is 2.20. The maximum Gasteiger partial charge on any atom is 0.330 e. The number of ether oxygens (including phenoxy) is 1. The summed E-state index contributed by atoms with van der Waals surface area (Å²) >= 11 is 4.67. The average Bonchev–Trinajstić information content (AvgIpc) is 2.43. The van der Waals surface area contributed by atoms with Crippen LogP contribution in [-0.4, -0.2) is 42.5 Å². The topological polar surface area (TPSA) is 75.6 Å². The first kappa shape index (κ1) is 16.0. The lowest BCUT2D eigenvalue weighted by Gasteiger charge is -2.13. The number of nitrogens with one attached hydrogen (secondary N) is 1. The van der Waals surface area contributed by atoms with Crippen molar-refractivity contribution in [3.05, 3.63) is 28.7 Å². The third-order valence-electron chi connectivity index (χ3n) is 2.19. The summed E-state index contributed by atoms with van der Waals surface area (Å²) in [6, 6.07) is 6.51. The van der Waals surface area contributed by atoms with Gasteiger partial charge in [0.25, 0.3) is 0 Å². The molecule has 104 valence electrons. The molecule has 1 aromatic carbocycles. The van der Waals surface area contributed by atoms with Crippen LogP contribution in [0.4, 0.5) is 0 Å². The van der Waals surface area contributed by atoms with Crippen molar-refractivity contribution in [2.75, 3.05) is 19.5 Å². The third kappa shape index (κ3) is 5.63. The Hall–Kier alpha value is -1.05. The van der Waals surface area contributed by atoms with Crippen LogP contribution in [0.15, 0.2) is 33.6 Å². The molecule has 0 radical (unpaired) electrons. The summed E-state index contributed by atoms with van der Waals surface area (Å²) in [6.07, 6.45) is 0. The maximum absolute atomic E-state index is 11.6. The minimum Gasteiger partial charge on any atom is -0.467 e. The Labute approximate surface area is 123 Å². The molecule has 0 aliphatic carbocycles. The fraction of sp³-hybridized carbons (Fsp3) is 0.333. The van der Waals surface area contributed by atoms with Gasteiger partial charge < -0.3 is 15.2 Å². The van der Waals surface area contributed by atoms with Gasteiger partial charge in [-0.1, -0.05) is 15.9 Å². The first-order chi connectivity index (χ1) is 9.06. The number of thioether (sulfide) groups is 1. The van der Waals surface area contributed by atoms with E-state index in [0.717, 1.165) is 9.37 Å². The van der Waals surface area contributed by atoms with E-state index in [0.29, 0.717) is 0 Å². The first-order valence-corrected chi connectivity index (χ1v) is 7.21. The summed E-state index contributed by atoms with van der Waals surface area (Å²) in [5.74, 6) is -0.836. The normalized spacial score (nSPS) is 11.7. The van der Waals surface area contributed by atoms with Gasteiger partial charge in [-0.25, -0.2) is 4.79 Å². The van der Waals surface area contributed by atoms with Crippen molar-refractivity contribution < 1.29 is 19.4 Å². The summed E-state index contributed by atoms with van der Waals surface area (Å²) in [5.41, 5.74) is 0. The SMILES string of the molecule is COC(=O)C(CO)NC(=O)CSc1ccc(Br)cc1. The zero-order chi connectivity index (χ0) is 14.3. The number of hydrogen-bond acceptors (Lipinski definition) is 5. The average molecular weight is 348 g/mol. The fourth-order valence-electron chi connectivity index (χ4n) is 1.24. The minimum atomic E-state index is -1.01. The molecule has 0 aromatic heterocycles. The molecule has 1 amide bonds. The summed E-state index contributed by atoms with van der Waals surface area (Å²) in [5, 5.41) is 11.4. The molecule has 1 atom stereocenters. The Morgan fingerprint density at radius 2 is 2.05 bits per heavy atom. The van der Waals surface area contributed by atoms with E-state index in [1.54, 1.807) is 0 Å². The molecule has 1 unspecified atom stereocenters. The van der Waals surface area contributed by atoms with Gasteiger partial charge >= 0.3 is 5.97 Å². The van der Waals surface area contributed by atoms with Crippen molar-refractivity contribution in [2.24, 2.45) is 0 Å². The molecule has 1 aromatic rings. The fourth-order valence-corrected chi connectivity index (χ4v) is 2.21. The quantitative estimate of drug-likeness (QED) is 0.597. The number of rotatable bonds is 6. The second-order valence-corrected chi connectivity index (χ2v) is 5.53. The van der Waals surface area contributed by atoms with Gasteiger partial charge in [-0.05, 0) is 24.3 Å². The number of benzene rings is 1. The number of hydrogen-bond donors (Lipinski definition) is 2. The van der Waals surface area contributed by atoms with Crippen molar-refractivity contribution in [3.63, 3.8) is 0 Å². The van der Waals surface area contributed by atoms with Crippen LogP contribution >= 0.6 is 27.7 Å².